The van der Waals surface area contributed by atoms with Crippen LogP contribution in [0.25, 0.3) is 11.4 Å². The van der Waals surface area contributed by atoms with E-state index in [4.69, 9.17) is 4.52 Å². The van der Waals surface area contributed by atoms with E-state index in [0.29, 0.717) is 23.9 Å². The van der Waals surface area contributed by atoms with Gasteiger partial charge in [-0.2, -0.15) is 4.80 Å². The summed E-state index contributed by atoms with van der Waals surface area (Å²) in [6, 6.07) is 11.6. The number of rotatable bonds is 10. The Kier molecular flexibility index (Phi) is 7.57. The molecular weight excluding hydrogens is 408 g/mol. The number of tetrazole rings is 1. The molecule has 0 unspecified atom stereocenters. The number of aromatic nitrogens is 5. The zero-order valence-corrected chi connectivity index (χ0v) is 18.5. The van der Waals surface area contributed by atoms with E-state index in [0.717, 1.165) is 64.1 Å². The zero-order chi connectivity index (χ0) is 22.2. The Bertz CT molecular complexity index is 979. The van der Waals surface area contributed by atoms with Crippen LogP contribution in [0.2, 0.25) is 0 Å². The molecule has 0 bridgehead atoms. The van der Waals surface area contributed by atoms with Crippen LogP contribution < -0.4 is 5.32 Å². The van der Waals surface area contributed by atoms with Crippen LogP contribution in [0.1, 0.15) is 25.0 Å². The standard InChI is InChI=1S/C22H30N8O2/c1-18-16-20(26-32-18)23-21(31)17-29-14-12-28(13-15-29)10-6-3-7-11-30-25-22(24-27-30)19-8-4-2-5-9-19/h2,4-5,8-9,16H,3,6-7,10-15,17H2,1H3,(H,23,26,31). The van der Waals surface area contributed by atoms with Gasteiger partial charge < -0.3 is 14.7 Å². The first-order valence-electron chi connectivity index (χ1n) is 11.2. The van der Waals surface area contributed by atoms with Crippen LogP contribution in [0, 0.1) is 6.92 Å². The topological polar surface area (TPSA) is 105 Å². The minimum atomic E-state index is -0.0520. The minimum absolute atomic E-state index is 0.0520. The number of amides is 1. The predicted molar refractivity (Wildman–Crippen MR) is 120 cm³/mol. The van der Waals surface area contributed by atoms with Gasteiger partial charge in [-0.1, -0.05) is 41.9 Å². The Hall–Kier alpha value is -3.11. The second kappa shape index (κ2) is 11.0. The Morgan fingerprint density at radius 1 is 1.03 bits per heavy atom. The summed E-state index contributed by atoms with van der Waals surface area (Å²) in [5, 5.41) is 19.3. The molecule has 0 saturated carbocycles. The van der Waals surface area contributed by atoms with Gasteiger partial charge in [-0.15, -0.1) is 10.2 Å². The number of piperazine rings is 1. The first kappa shape index (κ1) is 22.1. The van der Waals surface area contributed by atoms with Crippen molar-refractivity contribution in [3.05, 3.63) is 42.2 Å². The molecule has 1 N–H and O–H groups in total. The van der Waals surface area contributed by atoms with Crippen molar-refractivity contribution in [3.63, 3.8) is 0 Å². The highest BCUT2D eigenvalue weighted by Crippen LogP contribution is 2.12. The number of nitrogens with one attached hydrogen (secondary N) is 1. The molecule has 3 aromatic rings. The SMILES string of the molecule is Cc1cc(NC(=O)CN2CCN(CCCCCn3nnc(-c4ccccc4)n3)CC2)no1. The van der Waals surface area contributed by atoms with E-state index < -0.39 is 0 Å². The summed E-state index contributed by atoms with van der Waals surface area (Å²) in [6.45, 7) is 7.83. The van der Waals surface area contributed by atoms with Crippen LogP contribution in [0.15, 0.2) is 40.9 Å². The Labute approximate surface area is 187 Å². The number of unbranched alkanes of at least 4 members (excludes halogenated alkanes) is 2. The molecule has 1 aliphatic rings. The summed E-state index contributed by atoms with van der Waals surface area (Å²) in [5.41, 5.74) is 0.989. The fourth-order valence-corrected chi connectivity index (χ4v) is 3.79. The highest BCUT2D eigenvalue weighted by Gasteiger charge is 2.19. The van der Waals surface area contributed by atoms with E-state index >= 15 is 0 Å². The smallest absolute Gasteiger partial charge is 0.239 e. The molecule has 1 aliphatic heterocycles. The number of benzene rings is 1. The quantitative estimate of drug-likeness (QED) is 0.480. The molecule has 4 rings (SSSR count). The lowest BCUT2D eigenvalue weighted by atomic mass is 10.2. The summed E-state index contributed by atoms with van der Waals surface area (Å²) in [7, 11) is 0. The van der Waals surface area contributed by atoms with Gasteiger partial charge in [0.25, 0.3) is 0 Å². The van der Waals surface area contributed by atoms with E-state index in [1.165, 1.54) is 0 Å². The number of aryl methyl sites for hydroxylation is 2. The molecule has 10 heteroatoms. The molecule has 0 atom stereocenters. The summed E-state index contributed by atoms with van der Waals surface area (Å²) in [4.78, 5) is 18.5. The van der Waals surface area contributed by atoms with Crippen LogP contribution in [0.4, 0.5) is 5.82 Å². The highest BCUT2D eigenvalue weighted by molar-refractivity contribution is 5.91. The second-order valence-corrected chi connectivity index (χ2v) is 8.12. The van der Waals surface area contributed by atoms with Crippen molar-refractivity contribution in [3.8, 4) is 11.4 Å². The van der Waals surface area contributed by atoms with Gasteiger partial charge in [-0.05, 0) is 31.5 Å². The maximum Gasteiger partial charge on any atom is 0.239 e. The highest BCUT2D eigenvalue weighted by atomic mass is 16.5. The maximum atomic E-state index is 12.1. The van der Waals surface area contributed by atoms with Gasteiger partial charge in [-0.3, -0.25) is 9.69 Å². The number of hydrogen-bond donors (Lipinski definition) is 1. The number of hydrogen-bond acceptors (Lipinski definition) is 8. The van der Waals surface area contributed by atoms with E-state index in [1.54, 1.807) is 17.8 Å². The molecule has 1 fully saturated rings. The number of anilines is 1. The normalized spacial score (nSPS) is 15.2. The van der Waals surface area contributed by atoms with Gasteiger partial charge in [0.15, 0.2) is 5.82 Å². The summed E-state index contributed by atoms with van der Waals surface area (Å²) < 4.78 is 4.97. The van der Waals surface area contributed by atoms with Crippen molar-refractivity contribution in [2.24, 2.45) is 0 Å². The van der Waals surface area contributed by atoms with Gasteiger partial charge in [0.1, 0.15) is 5.76 Å². The van der Waals surface area contributed by atoms with E-state index in [2.05, 4.69) is 35.7 Å². The van der Waals surface area contributed by atoms with Crippen LogP contribution >= 0.6 is 0 Å². The largest absolute Gasteiger partial charge is 0.360 e. The van der Waals surface area contributed by atoms with Gasteiger partial charge in [0.2, 0.25) is 11.7 Å². The third kappa shape index (κ3) is 6.44. The van der Waals surface area contributed by atoms with Crippen molar-refractivity contribution in [1.29, 1.82) is 0 Å². The maximum absolute atomic E-state index is 12.1. The van der Waals surface area contributed by atoms with Crippen LogP contribution in [-0.4, -0.2) is 80.3 Å². The van der Waals surface area contributed by atoms with Crippen LogP contribution in [0.3, 0.4) is 0 Å². The van der Waals surface area contributed by atoms with Crippen molar-refractivity contribution >= 4 is 11.7 Å². The van der Waals surface area contributed by atoms with Gasteiger partial charge in [0, 0.05) is 37.8 Å². The van der Waals surface area contributed by atoms with Crippen molar-refractivity contribution in [2.45, 2.75) is 32.7 Å². The number of carbonyl (C=O) groups excluding carboxylic acids is 1. The first-order valence-corrected chi connectivity index (χ1v) is 11.2. The lowest BCUT2D eigenvalue weighted by Crippen LogP contribution is -2.48. The third-order valence-electron chi connectivity index (χ3n) is 5.54. The monoisotopic (exact) mass is 438 g/mol. The minimum Gasteiger partial charge on any atom is -0.360 e. The van der Waals surface area contributed by atoms with E-state index in [9.17, 15) is 4.79 Å². The van der Waals surface area contributed by atoms with Gasteiger partial charge in [-0.25, -0.2) is 0 Å². The molecule has 32 heavy (non-hydrogen) atoms. The molecule has 0 radical (unpaired) electrons. The van der Waals surface area contributed by atoms with E-state index in [1.807, 2.05) is 30.3 Å². The van der Waals surface area contributed by atoms with Gasteiger partial charge in [0.05, 0.1) is 13.1 Å². The average Bonchev–Trinajstić information content (AvgIpc) is 3.44. The molecule has 10 nitrogen and oxygen atoms in total. The molecule has 3 heterocycles. The van der Waals surface area contributed by atoms with Crippen molar-refractivity contribution in [2.75, 3.05) is 44.6 Å². The molecule has 0 aliphatic carbocycles. The Balaban J connectivity index is 1.07. The Morgan fingerprint density at radius 2 is 1.78 bits per heavy atom. The number of nitrogens with zero attached hydrogens (tertiary/aromatic N) is 7. The van der Waals surface area contributed by atoms with Crippen molar-refractivity contribution in [1.82, 2.24) is 35.2 Å². The molecular formula is C22H30N8O2. The Morgan fingerprint density at radius 3 is 2.53 bits per heavy atom. The van der Waals surface area contributed by atoms with E-state index in [-0.39, 0.29) is 5.91 Å². The fraction of sp³-hybridized carbons (Fsp3) is 0.500. The molecule has 1 saturated heterocycles. The second-order valence-electron chi connectivity index (χ2n) is 8.12. The summed E-state index contributed by atoms with van der Waals surface area (Å²) in [6.07, 6.45) is 3.31. The summed E-state index contributed by atoms with van der Waals surface area (Å²) in [5.74, 6) is 1.78. The zero-order valence-electron chi connectivity index (χ0n) is 18.5. The van der Waals surface area contributed by atoms with Crippen LogP contribution in [-0.2, 0) is 11.3 Å². The first-order chi connectivity index (χ1) is 15.7. The molecule has 1 amide bonds. The molecule has 170 valence electrons. The van der Waals surface area contributed by atoms with Gasteiger partial charge >= 0.3 is 0 Å². The fourth-order valence-electron chi connectivity index (χ4n) is 3.79. The molecule has 2 aromatic heterocycles. The summed E-state index contributed by atoms with van der Waals surface area (Å²) >= 11 is 0. The third-order valence-corrected chi connectivity index (χ3v) is 5.54. The molecule has 1 aromatic carbocycles. The number of carbonyl (C=O) groups is 1. The predicted octanol–water partition coefficient (Wildman–Crippen LogP) is 2.06. The average molecular weight is 439 g/mol. The lowest BCUT2D eigenvalue weighted by molar-refractivity contribution is -0.117. The van der Waals surface area contributed by atoms with Crippen molar-refractivity contribution < 1.29 is 9.32 Å². The molecule has 0 spiro atoms. The lowest BCUT2D eigenvalue weighted by Gasteiger charge is -2.34. The van der Waals surface area contributed by atoms with Crippen LogP contribution in [0.5, 0.6) is 0 Å².